The van der Waals surface area contributed by atoms with E-state index in [0.29, 0.717) is 23.4 Å². The molecule has 0 spiro atoms. The van der Waals surface area contributed by atoms with E-state index in [4.69, 9.17) is 0 Å². The molecule has 7 nitrogen and oxygen atoms in total. The fraction of sp³-hybridized carbons (Fsp3) is 0.294. The van der Waals surface area contributed by atoms with Crippen LogP contribution in [0.5, 0.6) is 0 Å². The number of hydrogen-bond donors (Lipinski definition) is 2. The Kier molecular flexibility index (Phi) is 6.40. The van der Waals surface area contributed by atoms with Gasteiger partial charge in [0.25, 0.3) is 0 Å². The highest BCUT2D eigenvalue weighted by Crippen LogP contribution is 2.20. The van der Waals surface area contributed by atoms with Crippen molar-refractivity contribution in [3.8, 4) is 0 Å². The summed E-state index contributed by atoms with van der Waals surface area (Å²) in [4.78, 5) is 17.2. The standard InChI is InChI=1S/C17H19FN6OS2/c1-3-24-14(9-19-13-6-4-12(18)5-7-13)22-23-17(24)26-10-15(25)21-16-20-8-11(2)27-16/h4-8,19H,3,9-10H2,1-2H3,(H,20,21,25). The van der Waals surface area contributed by atoms with Gasteiger partial charge in [-0.2, -0.15) is 0 Å². The zero-order valence-electron chi connectivity index (χ0n) is 14.9. The largest absolute Gasteiger partial charge is 0.378 e. The molecule has 3 aromatic rings. The maximum Gasteiger partial charge on any atom is 0.236 e. The number of hydrogen-bond acceptors (Lipinski definition) is 7. The molecular weight excluding hydrogens is 387 g/mol. The molecule has 2 N–H and O–H groups in total. The number of amides is 1. The summed E-state index contributed by atoms with van der Waals surface area (Å²) in [5.41, 5.74) is 0.800. The fourth-order valence-corrected chi connectivity index (χ4v) is 3.82. The first-order valence-electron chi connectivity index (χ1n) is 8.31. The molecule has 0 saturated heterocycles. The second-order valence-electron chi connectivity index (χ2n) is 5.62. The Labute approximate surface area is 164 Å². The molecule has 0 bridgehead atoms. The van der Waals surface area contributed by atoms with E-state index >= 15 is 0 Å². The van der Waals surface area contributed by atoms with Crippen LogP contribution in [0.15, 0.2) is 35.6 Å². The van der Waals surface area contributed by atoms with Gasteiger partial charge in [-0.1, -0.05) is 11.8 Å². The zero-order chi connectivity index (χ0) is 19.2. The molecule has 10 heteroatoms. The van der Waals surface area contributed by atoms with Gasteiger partial charge in [0.1, 0.15) is 5.82 Å². The molecule has 142 valence electrons. The second kappa shape index (κ2) is 8.96. The van der Waals surface area contributed by atoms with E-state index in [-0.39, 0.29) is 17.5 Å². The van der Waals surface area contributed by atoms with Crippen LogP contribution in [0.4, 0.5) is 15.2 Å². The summed E-state index contributed by atoms with van der Waals surface area (Å²) in [5.74, 6) is 0.565. The van der Waals surface area contributed by atoms with Gasteiger partial charge in [-0.25, -0.2) is 9.37 Å². The lowest BCUT2D eigenvalue weighted by atomic mass is 10.3. The number of carbonyl (C=O) groups excluding carboxylic acids is 1. The monoisotopic (exact) mass is 406 g/mol. The van der Waals surface area contributed by atoms with Crippen molar-refractivity contribution in [3.63, 3.8) is 0 Å². The Hall–Kier alpha value is -2.46. The van der Waals surface area contributed by atoms with E-state index in [0.717, 1.165) is 16.4 Å². The SMILES string of the molecule is CCn1c(CNc2ccc(F)cc2)nnc1SCC(=O)Nc1ncc(C)s1. The molecule has 0 saturated carbocycles. The van der Waals surface area contributed by atoms with Crippen molar-refractivity contribution in [3.05, 3.63) is 47.0 Å². The maximum atomic E-state index is 13.0. The summed E-state index contributed by atoms with van der Waals surface area (Å²) in [6.07, 6.45) is 1.72. The number of carbonyl (C=O) groups is 1. The molecule has 0 aliphatic rings. The van der Waals surface area contributed by atoms with Crippen LogP contribution < -0.4 is 10.6 Å². The van der Waals surface area contributed by atoms with Crippen LogP contribution in [0, 0.1) is 12.7 Å². The quantitative estimate of drug-likeness (QED) is 0.557. The average molecular weight is 407 g/mol. The number of halogens is 1. The number of benzene rings is 1. The fourth-order valence-electron chi connectivity index (χ4n) is 2.32. The molecule has 0 radical (unpaired) electrons. The van der Waals surface area contributed by atoms with Gasteiger partial charge < -0.3 is 15.2 Å². The summed E-state index contributed by atoms with van der Waals surface area (Å²) in [6.45, 7) is 5.07. The van der Waals surface area contributed by atoms with Gasteiger partial charge in [-0.05, 0) is 38.1 Å². The van der Waals surface area contributed by atoms with Gasteiger partial charge in [-0.3, -0.25) is 4.79 Å². The highest BCUT2D eigenvalue weighted by Gasteiger charge is 2.14. The van der Waals surface area contributed by atoms with Crippen molar-refractivity contribution in [2.24, 2.45) is 0 Å². The lowest BCUT2D eigenvalue weighted by Gasteiger charge is -2.09. The molecule has 27 heavy (non-hydrogen) atoms. The van der Waals surface area contributed by atoms with E-state index in [2.05, 4.69) is 25.8 Å². The Morgan fingerprint density at radius 3 is 2.74 bits per heavy atom. The Bertz CT molecular complexity index is 909. The van der Waals surface area contributed by atoms with Gasteiger partial charge in [0, 0.05) is 23.3 Å². The first kappa shape index (κ1) is 19.3. The number of aromatic nitrogens is 4. The van der Waals surface area contributed by atoms with Crippen LogP contribution in [0.2, 0.25) is 0 Å². The third-order valence-corrected chi connectivity index (χ3v) is 5.40. The van der Waals surface area contributed by atoms with E-state index < -0.39 is 0 Å². The van der Waals surface area contributed by atoms with Gasteiger partial charge >= 0.3 is 0 Å². The summed E-state index contributed by atoms with van der Waals surface area (Å²) < 4.78 is 14.9. The van der Waals surface area contributed by atoms with E-state index in [9.17, 15) is 9.18 Å². The van der Waals surface area contributed by atoms with Crippen molar-refractivity contribution in [2.75, 3.05) is 16.4 Å². The van der Waals surface area contributed by atoms with Crippen LogP contribution >= 0.6 is 23.1 Å². The Morgan fingerprint density at radius 2 is 2.07 bits per heavy atom. The van der Waals surface area contributed by atoms with Crippen molar-refractivity contribution in [2.45, 2.75) is 32.1 Å². The highest BCUT2D eigenvalue weighted by atomic mass is 32.2. The minimum Gasteiger partial charge on any atom is -0.378 e. The molecule has 2 heterocycles. The number of nitrogens with zero attached hydrogens (tertiary/aromatic N) is 4. The third-order valence-electron chi connectivity index (χ3n) is 3.60. The van der Waals surface area contributed by atoms with Crippen LogP contribution in [0.1, 0.15) is 17.6 Å². The number of nitrogens with one attached hydrogen (secondary N) is 2. The number of anilines is 2. The van der Waals surface area contributed by atoms with Crippen molar-refractivity contribution in [1.29, 1.82) is 0 Å². The maximum absolute atomic E-state index is 13.0. The Balaban J connectivity index is 1.56. The smallest absolute Gasteiger partial charge is 0.236 e. The van der Waals surface area contributed by atoms with Gasteiger partial charge in [0.05, 0.1) is 12.3 Å². The normalized spacial score (nSPS) is 10.8. The molecule has 0 aliphatic carbocycles. The van der Waals surface area contributed by atoms with Crippen molar-refractivity contribution in [1.82, 2.24) is 19.7 Å². The number of thiazole rings is 1. The van der Waals surface area contributed by atoms with E-state index in [1.165, 1.54) is 35.2 Å². The van der Waals surface area contributed by atoms with E-state index in [1.807, 2.05) is 18.4 Å². The van der Waals surface area contributed by atoms with E-state index in [1.54, 1.807) is 18.3 Å². The predicted molar refractivity (Wildman–Crippen MR) is 106 cm³/mol. The lowest BCUT2D eigenvalue weighted by Crippen LogP contribution is -2.14. The number of rotatable bonds is 8. The van der Waals surface area contributed by atoms with Gasteiger partial charge in [-0.15, -0.1) is 21.5 Å². The number of thioether (sulfide) groups is 1. The summed E-state index contributed by atoms with van der Waals surface area (Å²) in [7, 11) is 0. The van der Waals surface area contributed by atoms with Crippen molar-refractivity contribution >= 4 is 39.8 Å². The summed E-state index contributed by atoms with van der Waals surface area (Å²) >= 11 is 2.76. The first-order valence-corrected chi connectivity index (χ1v) is 10.1. The molecule has 1 amide bonds. The average Bonchev–Trinajstić information content (AvgIpc) is 3.24. The molecule has 0 unspecified atom stereocenters. The highest BCUT2D eigenvalue weighted by molar-refractivity contribution is 7.99. The predicted octanol–water partition coefficient (Wildman–Crippen LogP) is 3.54. The van der Waals surface area contributed by atoms with Gasteiger partial charge in [0.15, 0.2) is 16.1 Å². The molecule has 1 aromatic carbocycles. The summed E-state index contributed by atoms with van der Waals surface area (Å²) in [5, 5.41) is 15.6. The van der Waals surface area contributed by atoms with Gasteiger partial charge in [0.2, 0.25) is 5.91 Å². The van der Waals surface area contributed by atoms with Crippen LogP contribution in [0.3, 0.4) is 0 Å². The van der Waals surface area contributed by atoms with Crippen molar-refractivity contribution < 1.29 is 9.18 Å². The third kappa shape index (κ3) is 5.27. The molecule has 3 rings (SSSR count). The van der Waals surface area contributed by atoms with Crippen LogP contribution in [-0.2, 0) is 17.9 Å². The second-order valence-corrected chi connectivity index (χ2v) is 7.79. The van der Waals surface area contributed by atoms with Crippen LogP contribution in [0.25, 0.3) is 0 Å². The van der Waals surface area contributed by atoms with Crippen LogP contribution in [-0.4, -0.2) is 31.4 Å². The lowest BCUT2D eigenvalue weighted by molar-refractivity contribution is -0.113. The first-order chi connectivity index (χ1) is 13.0. The molecule has 2 aromatic heterocycles. The molecule has 0 aliphatic heterocycles. The molecule has 0 atom stereocenters. The molecule has 0 fully saturated rings. The topological polar surface area (TPSA) is 84.7 Å². The minimum absolute atomic E-state index is 0.133. The summed E-state index contributed by atoms with van der Waals surface area (Å²) in [6, 6.07) is 6.14. The number of aryl methyl sites for hydroxylation is 1. The Morgan fingerprint density at radius 1 is 1.30 bits per heavy atom. The molecular formula is C17H19FN6OS2. The zero-order valence-corrected chi connectivity index (χ0v) is 16.5. The minimum atomic E-state index is -0.276.